The third-order valence-electron chi connectivity index (χ3n) is 6.38. The fraction of sp³-hybridized carbons (Fsp3) is 0.222. The molecule has 210 valence electrons. The zero-order chi connectivity index (χ0) is 29.6. The molecular formula is C27H18Cl8N2O3. The van der Waals surface area contributed by atoms with E-state index in [0.29, 0.717) is 32.5 Å². The van der Waals surface area contributed by atoms with Crippen LogP contribution in [0.2, 0.25) is 15.1 Å². The number of aryl methyl sites for hydroxylation is 1. The van der Waals surface area contributed by atoms with Gasteiger partial charge in [-0.25, -0.2) is 0 Å². The number of nitrogens with one attached hydrogen (secondary N) is 2. The van der Waals surface area contributed by atoms with Gasteiger partial charge in [-0.05, 0) is 66.1 Å². The molecule has 1 saturated carbocycles. The lowest BCUT2D eigenvalue weighted by molar-refractivity contribution is -0.117. The quantitative estimate of drug-likeness (QED) is 0.191. The second-order valence-electron chi connectivity index (χ2n) is 9.18. The zero-order valence-electron chi connectivity index (χ0n) is 20.3. The molecule has 2 N–H and O–H groups in total. The summed E-state index contributed by atoms with van der Waals surface area (Å²) in [6.45, 7) is 1.77. The molecule has 0 aromatic heterocycles. The van der Waals surface area contributed by atoms with Crippen molar-refractivity contribution in [3.05, 3.63) is 91.9 Å². The lowest BCUT2D eigenvalue weighted by atomic mass is 9.98. The minimum Gasteiger partial charge on any atom is -0.326 e. The van der Waals surface area contributed by atoms with Crippen LogP contribution < -0.4 is 10.6 Å². The number of alkyl halides is 5. The number of amides is 2. The normalized spacial score (nSPS) is 17.7. The first kappa shape index (κ1) is 31.5. The van der Waals surface area contributed by atoms with Crippen LogP contribution in [-0.4, -0.2) is 25.7 Å². The second-order valence-corrected chi connectivity index (χ2v) is 14.1. The van der Waals surface area contributed by atoms with E-state index in [0.717, 1.165) is 5.56 Å². The molecule has 0 radical (unpaired) electrons. The van der Waals surface area contributed by atoms with Gasteiger partial charge in [0.1, 0.15) is 4.33 Å². The summed E-state index contributed by atoms with van der Waals surface area (Å²) in [5.74, 6) is -2.77. The average Bonchev–Trinajstić information content (AvgIpc) is 3.44. The molecule has 0 spiro atoms. The molecule has 0 heterocycles. The Bertz CT molecular complexity index is 1520. The van der Waals surface area contributed by atoms with Gasteiger partial charge in [0.15, 0.2) is 5.78 Å². The first-order valence-corrected chi connectivity index (χ1v) is 14.6. The fourth-order valence-corrected chi connectivity index (χ4v) is 5.75. The van der Waals surface area contributed by atoms with E-state index in [4.69, 9.17) is 92.8 Å². The van der Waals surface area contributed by atoms with Crippen molar-refractivity contribution in [1.82, 2.24) is 0 Å². The summed E-state index contributed by atoms with van der Waals surface area (Å²) in [4.78, 5) is 38.2. The molecular weight excluding hydrogens is 684 g/mol. The number of hydrogen-bond acceptors (Lipinski definition) is 3. The molecule has 1 aliphatic rings. The third kappa shape index (κ3) is 6.96. The monoisotopic (exact) mass is 698 g/mol. The Labute approximate surface area is 270 Å². The van der Waals surface area contributed by atoms with Crippen LogP contribution in [0.3, 0.4) is 0 Å². The van der Waals surface area contributed by atoms with Gasteiger partial charge < -0.3 is 10.6 Å². The summed E-state index contributed by atoms with van der Waals surface area (Å²) >= 11 is 48.1. The van der Waals surface area contributed by atoms with E-state index in [1.165, 1.54) is 12.1 Å². The summed E-state index contributed by atoms with van der Waals surface area (Å²) in [6, 6.07) is 14.5. The van der Waals surface area contributed by atoms with Gasteiger partial charge in [-0.1, -0.05) is 81.7 Å². The number of carbonyl (C=O) groups is 3. The molecule has 3 aromatic carbocycles. The molecule has 3 aromatic rings. The van der Waals surface area contributed by atoms with E-state index in [9.17, 15) is 14.4 Å². The Kier molecular flexibility index (Phi) is 9.51. The van der Waals surface area contributed by atoms with Crippen LogP contribution in [0.15, 0.2) is 54.6 Å². The Hall–Kier alpha value is -1.41. The Morgan fingerprint density at radius 2 is 1.45 bits per heavy atom. The van der Waals surface area contributed by atoms with Gasteiger partial charge >= 0.3 is 0 Å². The fourth-order valence-electron chi connectivity index (χ4n) is 4.25. The average molecular weight is 702 g/mol. The molecule has 2 unspecified atom stereocenters. The van der Waals surface area contributed by atoms with E-state index in [2.05, 4.69) is 10.6 Å². The number of benzene rings is 3. The van der Waals surface area contributed by atoms with E-state index in [1.54, 1.807) is 49.4 Å². The maximum Gasteiger partial charge on any atom is 0.276 e. The molecule has 4 rings (SSSR count). The Balaban J connectivity index is 1.46. The molecule has 2 atom stereocenters. The molecule has 40 heavy (non-hydrogen) atoms. The van der Waals surface area contributed by atoms with Crippen LogP contribution in [0.25, 0.3) is 0 Å². The zero-order valence-corrected chi connectivity index (χ0v) is 26.4. The van der Waals surface area contributed by atoms with Gasteiger partial charge in [0.25, 0.3) is 9.70 Å². The molecule has 0 bridgehead atoms. The highest BCUT2D eigenvalue weighted by Crippen LogP contribution is 2.65. The number of Topliss-reactive ketones (excluding diaryl/α,β-unsaturated/α-hetero) is 1. The van der Waals surface area contributed by atoms with Crippen molar-refractivity contribution >= 4 is 122 Å². The highest BCUT2D eigenvalue weighted by Gasteiger charge is 2.67. The SMILES string of the molecule is Cc1cc(NC(=O)C(Cl)(Cl)Cl)ccc1CC(=O)c1cc(NC(=O)C2C(c3ccc(Cl)c(Cl)c3)C2(Cl)Cl)ccc1Cl. The number of anilines is 2. The van der Waals surface area contributed by atoms with Crippen LogP contribution in [0.5, 0.6) is 0 Å². The van der Waals surface area contributed by atoms with Gasteiger partial charge in [-0.2, -0.15) is 0 Å². The van der Waals surface area contributed by atoms with Crippen molar-refractivity contribution in [3.63, 3.8) is 0 Å². The first-order valence-electron chi connectivity index (χ1n) is 11.5. The van der Waals surface area contributed by atoms with Crippen LogP contribution in [0.1, 0.15) is 33.0 Å². The van der Waals surface area contributed by atoms with E-state index in [1.807, 2.05) is 0 Å². The van der Waals surface area contributed by atoms with Crippen molar-refractivity contribution in [3.8, 4) is 0 Å². The van der Waals surface area contributed by atoms with Crippen LogP contribution in [0, 0.1) is 12.8 Å². The predicted molar refractivity (Wildman–Crippen MR) is 165 cm³/mol. The number of carbonyl (C=O) groups excluding carboxylic acids is 3. The van der Waals surface area contributed by atoms with Crippen molar-refractivity contribution in [2.24, 2.45) is 5.92 Å². The highest BCUT2D eigenvalue weighted by molar-refractivity contribution is 6.76. The second kappa shape index (κ2) is 12.1. The summed E-state index contributed by atoms with van der Waals surface area (Å²) in [7, 11) is 0. The lowest BCUT2D eigenvalue weighted by Crippen LogP contribution is -2.26. The molecule has 1 aliphatic carbocycles. The maximum atomic E-state index is 13.2. The minimum atomic E-state index is -2.11. The van der Waals surface area contributed by atoms with E-state index in [-0.39, 0.29) is 22.8 Å². The predicted octanol–water partition coefficient (Wildman–Crippen LogP) is 9.22. The first-order chi connectivity index (χ1) is 18.6. The number of halogens is 8. The van der Waals surface area contributed by atoms with Gasteiger partial charge in [0.2, 0.25) is 5.91 Å². The number of rotatable bonds is 7. The van der Waals surface area contributed by atoms with Crippen LogP contribution in [0.4, 0.5) is 11.4 Å². The van der Waals surface area contributed by atoms with E-state index >= 15 is 0 Å². The third-order valence-corrected chi connectivity index (χ3v) is 8.91. The van der Waals surface area contributed by atoms with Gasteiger partial charge in [-0.3, -0.25) is 14.4 Å². The molecule has 0 saturated heterocycles. The van der Waals surface area contributed by atoms with Crippen molar-refractivity contribution < 1.29 is 14.4 Å². The Morgan fingerprint density at radius 1 is 0.825 bits per heavy atom. The van der Waals surface area contributed by atoms with Crippen LogP contribution >= 0.6 is 92.8 Å². The molecule has 1 fully saturated rings. The number of hydrogen-bond donors (Lipinski definition) is 2. The van der Waals surface area contributed by atoms with Crippen molar-refractivity contribution in [1.29, 1.82) is 0 Å². The standard InChI is InChI=1S/C27H18Cl8N2O3/c1-12-8-15(37-25(40)27(33,34)35)4-2-13(12)10-21(38)17-11-16(5-7-18(17)28)36-24(39)23-22(26(23,31)32)14-3-6-19(29)20(30)9-14/h2-9,11,22-23H,10H2,1H3,(H,36,39)(H,37,40). The van der Waals surface area contributed by atoms with Gasteiger partial charge in [0, 0.05) is 29.3 Å². The summed E-state index contributed by atoms with van der Waals surface area (Å²) in [6.07, 6.45) is 0.0101. The molecule has 13 heteroatoms. The Morgan fingerprint density at radius 3 is 2.08 bits per heavy atom. The summed E-state index contributed by atoms with van der Waals surface area (Å²) in [5, 5.41) is 6.19. The summed E-state index contributed by atoms with van der Waals surface area (Å²) in [5.41, 5.74) is 3.06. The summed E-state index contributed by atoms with van der Waals surface area (Å²) < 4.78 is -3.45. The lowest BCUT2D eigenvalue weighted by Gasteiger charge is -2.14. The molecule has 5 nitrogen and oxygen atoms in total. The maximum absolute atomic E-state index is 13.2. The molecule has 0 aliphatic heterocycles. The largest absolute Gasteiger partial charge is 0.326 e. The topological polar surface area (TPSA) is 75.3 Å². The smallest absolute Gasteiger partial charge is 0.276 e. The van der Waals surface area contributed by atoms with E-state index < -0.39 is 31.8 Å². The number of ketones is 1. The van der Waals surface area contributed by atoms with Gasteiger partial charge in [-0.15, -0.1) is 23.2 Å². The van der Waals surface area contributed by atoms with Crippen molar-refractivity contribution in [2.45, 2.75) is 27.4 Å². The highest BCUT2D eigenvalue weighted by atomic mass is 35.6. The van der Waals surface area contributed by atoms with Gasteiger partial charge in [0.05, 0.1) is 21.0 Å². The minimum absolute atomic E-state index is 0.0101. The van der Waals surface area contributed by atoms with Crippen LogP contribution in [-0.2, 0) is 16.0 Å². The van der Waals surface area contributed by atoms with Crippen molar-refractivity contribution in [2.75, 3.05) is 10.6 Å². The molecule has 2 amide bonds.